The van der Waals surface area contributed by atoms with Crippen molar-refractivity contribution in [3.63, 3.8) is 0 Å². The Kier molecular flexibility index (Phi) is 11.2. The zero-order valence-electron chi connectivity index (χ0n) is 18.5. The number of para-hydroxylation sites is 1. The summed E-state index contributed by atoms with van der Waals surface area (Å²) in [6.07, 6.45) is 4.25. The van der Waals surface area contributed by atoms with Gasteiger partial charge < -0.3 is 30.2 Å². The third-order valence-electron chi connectivity index (χ3n) is 4.53. The monoisotopic (exact) mass is 471 g/mol. The number of benzene rings is 1. The molecular formula is C21H34N3O7P. The van der Waals surface area contributed by atoms with Crippen molar-refractivity contribution >= 4 is 13.7 Å². The van der Waals surface area contributed by atoms with Gasteiger partial charge in [-0.15, -0.1) is 0 Å². The minimum atomic E-state index is -3.91. The number of unbranched alkanes of at least 4 members (excludes halogenated alkanes) is 1. The third kappa shape index (κ3) is 9.68. The van der Waals surface area contributed by atoms with E-state index in [4.69, 9.17) is 29.4 Å². The van der Waals surface area contributed by atoms with Gasteiger partial charge in [0.25, 0.3) is 0 Å². The average Bonchev–Trinajstić information content (AvgIpc) is 3.20. The second kappa shape index (κ2) is 13.6. The second-order valence-electron chi connectivity index (χ2n) is 7.41. The topological polar surface area (TPSA) is 141 Å². The van der Waals surface area contributed by atoms with Gasteiger partial charge in [-0.2, -0.15) is 5.09 Å². The lowest BCUT2D eigenvalue weighted by atomic mass is 10.2. The van der Waals surface area contributed by atoms with Crippen LogP contribution in [-0.2, 0) is 23.4 Å². The lowest BCUT2D eigenvalue weighted by Crippen LogP contribution is -2.36. The van der Waals surface area contributed by atoms with Crippen LogP contribution in [0.4, 0.5) is 0 Å². The first kappa shape index (κ1) is 26.3. The average molecular weight is 471 g/mol. The van der Waals surface area contributed by atoms with E-state index in [9.17, 15) is 9.36 Å². The Morgan fingerprint density at radius 1 is 1.38 bits per heavy atom. The highest BCUT2D eigenvalue weighted by molar-refractivity contribution is 7.52. The van der Waals surface area contributed by atoms with Crippen LogP contribution in [0.15, 0.2) is 42.6 Å². The molecule has 10 nitrogen and oxygen atoms in total. The van der Waals surface area contributed by atoms with Crippen molar-refractivity contribution in [2.24, 2.45) is 5.73 Å². The molecule has 0 spiro atoms. The number of carbonyl (C=O) groups is 1. The molecule has 1 fully saturated rings. The molecule has 0 amide bonds. The van der Waals surface area contributed by atoms with Gasteiger partial charge in [0.1, 0.15) is 24.2 Å². The summed E-state index contributed by atoms with van der Waals surface area (Å²) in [5.41, 5.74) is 5.24. The summed E-state index contributed by atoms with van der Waals surface area (Å²) in [5, 5.41) is 14.7. The van der Waals surface area contributed by atoms with E-state index in [0.717, 1.165) is 12.8 Å². The summed E-state index contributed by atoms with van der Waals surface area (Å²) >= 11 is 0. The summed E-state index contributed by atoms with van der Waals surface area (Å²) in [4.78, 5) is 12.2. The summed E-state index contributed by atoms with van der Waals surface area (Å²) < 4.78 is 35.7. The van der Waals surface area contributed by atoms with Gasteiger partial charge in [0.2, 0.25) is 0 Å². The van der Waals surface area contributed by atoms with Gasteiger partial charge in [0, 0.05) is 0 Å². The number of esters is 1. The molecule has 0 bridgehead atoms. The first-order valence-corrected chi connectivity index (χ1v) is 12.3. The van der Waals surface area contributed by atoms with Crippen molar-refractivity contribution in [2.75, 3.05) is 13.2 Å². The first-order chi connectivity index (χ1) is 15.3. The zero-order chi connectivity index (χ0) is 23.4. The molecule has 2 unspecified atom stereocenters. The minimum Gasteiger partial charge on any atom is -0.465 e. The van der Waals surface area contributed by atoms with Gasteiger partial charge in [-0.1, -0.05) is 31.5 Å². The molecule has 1 aromatic carbocycles. The van der Waals surface area contributed by atoms with E-state index in [1.807, 2.05) is 6.92 Å². The number of hydrogen-bond donors (Lipinski definition) is 4. The molecule has 11 heteroatoms. The molecule has 1 saturated heterocycles. The maximum atomic E-state index is 13.4. The lowest BCUT2D eigenvalue weighted by molar-refractivity contribution is -0.145. The van der Waals surface area contributed by atoms with Gasteiger partial charge >= 0.3 is 13.7 Å². The first-order valence-electron chi connectivity index (χ1n) is 10.8. The normalized spacial score (nSPS) is 22.2. The Balaban J connectivity index is 1.94. The number of nitrogens with two attached hydrogens (primary N) is 1. The summed E-state index contributed by atoms with van der Waals surface area (Å²) in [6, 6.07) is 7.68. The minimum absolute atomic E-state index is 0.00385. The highest BCUT2D eigenvalue weighted by Crippen LogP contribution is 2.45. The Bertz CT molecular complexity index is 763. The Morgan fingerprint density at radius 2 is 2.12 bits per heavy atom. The Morgan fingerprint density at radius 3 is 2.81 bits per heavy atom. The number of carbonyl (C=O) groups excluding carboxylic acids is 1. The molecule has 0 aromatic heterocycles. The largest absolute Gasteiger partial charge is 0.465 e. The van der Waals surface area contributed by atoms with Crippen LogP contribution >= 0.6 is 7.75 Å². The fourth-order valence-electron chi connectivity index (χ4n) is 2.84. The van der Waals surface area contributed by atoms with E-state index < -0.39 is 26.0 Å². The number of rotatable bonds is 14. The second-order valence-corrected chi connectivity index (χ2v) is 9.10. The summed E-state index contributed by atoms with van der Waals surface area (Å²) in [6.45, 7) is 3.83. The fraction of sp³-hybridized carbons (Fsp3) is 0.571. The SMILES string of the molecule is CCCCOC(=O)[C@@H](C)NP(=O)(OC[C@@H]1CC[C@H](N/C=C\C(N)O)O1)Oc1ccccc1. The number of hydrogen-bond acceptors (Lipinski definition) is 9. The van der Waals surface area contributed by atoms with Crippen molar-refractivity contribution in [2.45, 2.75) is 64.1 Å². The highest BCUT2D eigenvalue weighted by Gasteiger charge is 2.34. The molecule has 1 aliphatic rings. The van der Waals surface area contributed by atoms with E-state index in [0.29, 0.717) is 25.2 Å². The summed E-state index contributed by atoms with van der Waals surface area (Å²) in [5.74, 6) is -0.193. The highest BCUT2D eigenvalue weighted by atomic mass is 31.2. The van der Waals surface area contributed by atoms with Crippen molar-refractivity contribution in [1.82, 2.24) is 10.4 Å². The van der Waals surface area contributed by atoms with E-state index in [2.05, 4.69) is 10.4 Å². The number of ether oxygens (including phenoxy) is 2. The van der Waals surface area contributed by atoms with Gasteiger partial charge in [0.15, 0.2) is 0 Å². The molecule has 1 aliphatic heterocycles. The maximum absolute atomic E-state index is 13.4. The van der Waals surface area contributed by atoms with Crippen LogP contribution in [-0.4, -0.2) is 48.9 Å². The number of nitrogens with one attached hydrogen (secondary N) is 2. The molecular weight excluding hydrogens is 437 g/mol. The standard InChI is InChI=1S/C21H34N3O7P/c1-3-4-14-28-21(26)16(2)24-32(27,31-17-8-6-5-7-9-17)29-15-18-10-11-20(30-18)23-13-12-19(22)25/h5-9,12-13,16,18-20,23,25H,3-4,10-11,14-15,22H2,1-2H3,(H,24,27)/b13-12-/t16-,18+,19?,20-,32?/m1/s1. The van der Waals surface area contributed by atoms with E-state index in [-0.39, 0.29) is 18.9 Å². The number of aliphatic hydroxyl groups excluding tert-OH is 1. The fourth-order valence-corrected chi connectivity index (χ4v) is 4.36. The van der Waals surface area contributed by atoms with Crippen LogP contribution in [0.3, 0.4) is 0 Å². The van der Waals surface area contributed by atoms with Crippen LogP contribution < -0.4 is 20.7 Å². The quantitative estimate of drug-likeness (QED) is 0.138. The van der Waals surface area contributed by atoms with Crippen molar-refractivity contribution in [1.29, 1.82) is 0 Å². The van der Waals surface area contributed by atoms with Crippen molar-refractivity contribution in [3.8, 4) is 5.75 Å². The van der Waals surface area contributed by atoms with Gasteiger partial charge in [-0.3, -0.25) is 9.32 Å². The molecule has 5 N–H and O–H groups in total. The zero-order valence-corrected chi connectivity index (χ0v) is 19.4. The molecule has 0 radical (unpaired) electrons. The molecule has 0 saturated carbocycles. The summed E-state index contributed by atoms with van der Waals surface area (Å²) in [7, 11) is -3.91. The molecule has 1 heterocycles. The van der Waals surface area contributed by atoms with E-state index in [1.165, 1.54) is 12.3 Å². The van der Waals surface area contributed by atoms with E-state index in [1.54, 1.807) is 37.3 Å². The molecule has 1 aromatic rings. The maximum Gasteiger partial charge on any atom is 0.459 e. The third-order valence-corrected chi connectivity index (χ3v) is 6.17. The molecule has 32 heavy (non-hydrogen) atoms. The van der Waals surface area contributed by atoms with Crippen LogP contribution in [0, 0.1) is 0 Å². The molecule has 2 rings (SSSR count). The molecule has 5 atom stereocenters. The predicted molar refractivity (Wildman–Crippen MR) is 119 cm³/mol. The number of aliphatic hydroxyl groups is 1. The van der Waals surface area contributed by atoms with E-state index >= 15 is 0 Å². The Labute approximate surface area is 189 Å². The van der Waals surface area contributed by atoms with Crippen LogP contribution in [0.25, 0.3) is 0 Å². The molecule has 0 aliphatic carbocycles. The smallest absolute Gasteiger partial charge is 0.459 e. The van der Waals surface area contributed by atoms with Gasteiger partial charge in [0.05, 0.1) is 19.3 Å². The van der Waals surface area contributed by atoms with Crippen molar-refractivity contribution < 1.29 is 33.0 Å². The Hall–Kier alpha value is -1.94. The van der Waals surface area contributed by atoms with Gasteiger partial charge in [-0.25, -0.2) is 4.57 Å². The molecule has 180 valence electrons. The van der Waals surface area contributed by atoms with Crippen molar-refractivity contribution in [3.05, 3.63) is 42.6 Å². The van der Waals surface area contributed by atoms with Crippen LogP contribution in [0.2, 0.25) is 0 Å². The van der Waals surface area contributed by atoms with Gasteiger partial charge in [-0.05, 0) is 50.6 Å². The lowest BCUT2D eigenvalue weighted by Gasteiger charge is -2.24. The van der Waals surface area contributed by atoms with Crippen LogP contribution in [0.1, 0.15) is 39.5 Å². The predicted octanol–water partition coefficient (Wildman–Crippen LogP) is 2.40. The van der Waals surface area contributed by atoms with Crippen LogP contribution in [0.5, 0.6) is 5.75 Å².